The van der Waals surface area contributed by atoms with Gasteiger partial charge in [0.25, 0.3) is 5.91 Å². The van der Waals surface area contributed by atoms with Gasteiger partial charge in [-0.1, -0.05) is 17.0 Å². The molecule has 2 rings (SSSR count). The smallest absolute Gasteiger partial charge is 0.328 e. The molecule has 0 spiro atoms. The SMILES string of the molecule is Cc1noc(NC(=O)c2ccc(F)cc2C#CCCO)n1. The summed E-state index contributed by atoms with van der Waals surface area (Å²) >= 11 is 0. The van der Waals surface area contributed by atoms with Gasteiger partial charge in [-0.25, -0.2) is 4.39 Å². The fourth-order valence-electron chi connectivity index (χ4n) is 1.54. The van der Waals surface area contributed by atoms with Crippen molar-refractivity contribution < 1.29 is 18.8 Å². The van der Waals surface area contributed by atoms with Crippen LogP contribution < -0.4 is 5.32 Å². The number of aromatic nitrogens is 2. The Bertz CT molecular complexity index is 716. The molecule has 7 heteroatoms. The molecule has 0 aliphatic carbocycles. The van der Waals surface area contributed by atoms with Gasteiger partial charge in [0.1, 0.15) is 5.82 Å². The van der Waals surface area contributed by atoms with Crippen LogP contribution in [0.2, 0.25) is 0 Å². The summed E-state index contributed by atoms with van der Waals surface area (Å²) in [7, 11) is 0. The number of amides is 1. The van der Waals surface area contributed by atoms with Crippen LogP contribution in [0, 0.1) is 24.6 Å². The van der Waals surface area contributed by atoms with E-state index in [0.717, 1.165) is 12.1 Å². The molecule has 0 atom stereocenters. The van der Waals surface area contributed by atoms with Gasteiger partial charge >= 0.3 is 6.01 Å². The number of nitrogens with one attached hydrogen (secondary N) is 1. The topological polar surface area (TPSA) is 88.2 Å². The van der Waals surface area contributed by atoms with Crippen LogP contribution in [0.25, 0.3) is 0 Å². The maximum absolute atomic E-state index is 13.3. The molecular weight excluding hydrogens is 277 g/mol. The highest BCUT2D eigenvalue weighted by atomic mass is 19.1. The molecule has 1 heterocycles. The van der Waals surface area contributed by atoms with Gasteiger partial charge < -0.3 is 9.63 Å². The van der Waals surface area contributed by atoms with Crippen LogP contribution in [0.15, 0.2) is 22.7 Å². The third-order valence-electron chi connectivity index (χ3n) is 2.43. The summed E-state index contributed by atoms with van der Waals surface area (Å²) in [6.45, 7) is 1.51. The Morgan fingerprint density at radius 3 is 3.00 bits per heavy atom. The Kier molecular flexibility index (Phi) is 4.64. The lowest BCUT2D eigenvalue weighted by Crippen LogP contribution is -2.14. The number of halogens is 1. The van der Waals surface area contributed by atoms with Crippen molar-refractivity contribution in [3.05, 3.63) is 41.0 Å². The zero-order valence-electron chi connectivity index (χ0n) is 11.2. The standard InChI is InChI=1S/C14H12FN3O3/c1-9-16-14(21-18-9)17-13(20)12-6-5-11(15)8-10(12)4-2-3-7-19/h5-6,8,19H,3,7H2,1H3,(H,16,17,18,20). The van der Waals surface area contributed by atoms with Crippen LogP contribution in [-0.2, 0) is 0 Å². The second-order valence-corrected chi connectivity index (χ2v) is 4.07. The lowest BCUT2D eigenvalue weighted by Gasteiger charge is -2.03. The number of anilines is 1. The van der Waals surface area contributed by atoms with Crippen LogP contribution in [0.1, 0.15) is 28.2 Å². The first-order valence-electron chi connectivity index (χ1n) is 6.11. The summed E-state index contributed by atoms with van der Waals surface area (Å²) in [5.41, 5.74) is 0.398. The Labute approximate surface area is 120 Å². The summed E-state index contributed by atoms with van der Waals surface area (Å²) in [5.74, 6) is 4.63. The average Bonchev–Trinajstić information content (AvgIpc) is 2.84. The van der Waals surface area contributed by atoms with Crippen LogP contribution in [0.5, 0.6) is 0 Å². The molecule has 21 heavy (non-hydrogen) atoms. The number of aliphatic hydroxyl groups is 1. The molecule has 0 fully saturated rings. The van der Waals surface area contributed by atoms with Crippen molar-refractivity contribution in [2.45, 2.75) is 13.3 Å². The fraction of sp³-hybridized carbons (Fsp3) is 0.214. The maximum atomic E-state index is 13.3. The minimum atomic E-state index is -0.535. The fourth-order valence-corrected chi connectivity index (χ4v) is 1.54. The largest absolute Gasteiger partial charge is 0.395 e. The van der Waals surface area contributed by atoms with Crippen molar-refractivity contribution in [2.24, 2.45) is 0 Å². The highest BCUT2D eigenvalue weighted by molar-refractivity contribution is 6.04. The predicted octanol–water partition coefficient (Wildman–Crippen LogP) is 1.50. The molecule has 108 valence electrons. The van der Waals surface area contributed by atoms with Gasteiger partial charge in [-0.2, -0.15) is 4.98 Å². The normalized spacial score (nSPS) is 9.86. The Balaban J connectivity index is 2.26. The number of hydrogen-bond donors (Lipinski definition) is 2. The van der Waals surface area contributed by atoms with Gasteiger partial charge in [0, 0.05) is 12.0 Å². The number of benzene rings is 1. The zero-order valence-corrected chi connectivity index (χ0v) is 11.2. The molecule has 0 radical (unpaired) electrons. The summed E-state index contributed by atoms with van der Waals surface area (Å²) < 4.78 is 18.0. The second kappa shape index (κ2) is 6.63. The van der Waals surface area contributed by atoms with Gasteiger partial charge in [0.15, 0.2) is 5.82 Å². The number of aryl methyl sites for hydroxylation is 1. The molecule has 1 aromatic heterocycles. The first-order chi connectivity index (χ1) is 10.1. The van der Waals surface area contributed by atoms with E-state index in [2.05, 4.69) is 27.3 Å². The molecule has 2 N–H and O–H groups in total. The molecule has 0 aliphatic rings. The third kappa shape index (κ3) is 3.87. The summed E-state index contributed by atoms with van der Waals surface area (Å²) in [6, 6.07) is 3.58. The lowest BCUT2D eigenvalue weighted by molar-refractivity contribution is 0.102. The molecule has 0 aliphatic heterocycles. The second-order valence-electron chi connectivity index (χ2n) is 4.07. The van der Waals surface area contributed by atoms with Crippen LogP contribution >= 0.6 is 0 Å². The van der Waals surface area contributed by atoms with E-state index in [9.17, 15) is 9.18 Å². The zero-order chi connectivity index (χ0) is 15.2. The molecule has 1 aromatic carbocycles. The van der Waals surface area contributed by atoms with E-state index in [1.807, 2.05) is 0 Å². The maximum Gasteiger partial charge on any atom is 0.328 e. The quantitative estimate of drug-likeness (QED) is 0.836. The van der Waals surface area contributed by atoms with E-state index < -0.39 is 11.7 Å². The van der Waals surface area contributed by atoms with Crippen LogP contribution in [0.3, 0.4) is 0 Å². The van der Waals surface area contributed by atoms with Gasteiger partial charge in [-0.05, 0) is 25.1 Å². The van der Waals surface area contributed by atoms with Crippen molar-refractivity contribution >= 4 is 11.9 Å². The van der Waals surface area contributed by atoms with Gasteiger partial charge in [-0.3, -0.25) is 10.1 Å². The molecule has 0 saturated carbocycles. The predicted molar refractivity (Wildman–Crippen MR) is 72.0 cm³/mol. The highest BCUT2D eigenvalue weighted by Gasteiger charge is 2.14. The lowest BCUT2D eigenvalue weighted by atomic mass is 10.1. The number of aliphatic hydroxyl groups excluding tert-OH is 1. The van der Waals surface area contributed by atoms with Crippen molar-refractivity contribution in [1.29, 1.82) is 0 Å². The van der Waals surface area contributed by atoms with Crippen LogP contribution in [-0.4, -0.2) is 27.8 Å². The van der Waals surface area contributed by atoms with E-state index in [0.29, 0.717) is 5.82 Å². The first kappa shape index (κ1) is 14.7. The Hall–Kier alpha value is -2.72. The number of carbonyl (C=O) groups excluding carboxylic acids is 1. The minimum absolute atomic E-state index is 0.0453. The molecule has 0 saturated heterocycles. The van der Waals surface area contributed by atoms with E-state index in [1.165, 1.54) is 6.07 Å². The Morgan fingerprint density at radius 2 is 2.33 bits per heavy atom. The number of nitrogens with zero attached hydrogens (tertiary/aromatic N) is 2. The summed E-state index contributed by atoms with van der Waals surface area (Å²) in [5, 5.41) is 14.6. The highest BCUT2D eigenvalue weighted by Crippen LogP contribution is 2.13. The van der Waals surface area contributed by atoms with Crippen molar-refractivity contribution in [1.82, 2.24) is 10.1 Å². The van der Waals surface area contributed by atoms with E-state index in [-0.39, 0.29) is 30.2 Å². The summed E-state index contributed by atoms with van der Waals surface area (Å²) in [4.78, 5) is 16.0. The molecular formula is C14H12FN3O3. The van der Waals surface area contributed by atoms with E-state index in [1.54, 1.807) is 6.92 Å². The minimum Gasteiger partial charge on any atom is -0.395 e. The van der Waals surface area contributed by atoms with Gasteiger partial charge in [0.2, 0.25) is 0 Å². The molecule has 1 amide bonds. The average molecular weight is 289 g/mol. The monoisotopic (exact) mass is 289 g/mol. The van der Waals surface area contributed by atoms with Crippen molar-refractivity contribution in [3.63, 3.8) is 0 Å². The summed E-state index contributed by atoms with van der Waals surface area (Å²) in [6.07, 6.45) is 0.237. The van der Waals surface area contributed by atoms with Gasteiger partial charge in [0.05, 0.1) is 12.2 Å². The van der Waals surface area contributed by atoms with E-state index >= 15 is 0 Å². The molecule has 0 unspecified atom stereocenters. The molecule has 6 nitrogen and oxygen atoms in total. The number of rotatable bonds is 3. The van der Waals surface area contributed by atoms with Crippen molar-refractivity contribution in [3.8, 4) is 11.8 Å². The van der Waals surface area contributed by atoms with Crippen LogP contribution in [0.4, 0.5) is 10.4 Å². The Morgan fingerprint density at radius 1 is 1.52 bits per heavy atom. The van der Waals surface area contributed by atoms with E-state index in [4.69, 9.17) is 9.63 Å². The number of carbonyl (C=O) groups is 1. The van der Waals surface area contributed by atoms with Gasteiger partial charge in [-0.15, -0.1) is 0 Å². The molecule has 2 aromatic rings. The molecule has 0 bridgehead atoms. The van der Waals surface area contributed by atoms with Crippen molar-refractivity contribution in [2.75, 3.05) is 11.9 Å². The number of hydrogen-bond acceptors (Lipinski definition) is 5. The first-order valence-corrected chi connectivity index (χ1v) is 6.11. The third-order valence-corrected chi connectivity index (χ3v) is 2.43.